The quantitative estimate of drug-likeness (QED) is 0.344. The van der Waals surface area contributed by atoms with Gasteiger partial charge in [-0.15, -0.1) is 0 Å². The fourth-order valence-electron chi connectivity index (χ4n) is 5.52. The first-order chi connectivity index (χ1) is 17.7. The maximum absolute atomic E-state index is 12.1. The summed E-state index contributed by atoms with van der Waals surface area (Å²) in [6, 6.07) is 27.3. The molecule has 4 rings (SSSR count). The Morgan fingerprint density at radius 3 is 1.87 bits per heavy atom. The second-order valence-electron chi connectivity index (χ2n) is 10.8. The van der Waals surface area contributed by atoms with E-state index >= 15 is 0 Å². The summed E-state index contributed by atoms with van der Waals surface area (Å²) in [7, 11) is 0. The van der Waals surface area contributed by atoms with Crippen molar-refractivity contribution >= 4 is 5.97 Å². The van der Waals surface area contributed by atoms with Crippen molar-refractivity contribution in [2.24, 2.45) is 5.92 Å². The number of nitrogens with zero attached hydrogens (tertiary/aromatic N) is 1. The minimum Gasteiger partial charge on any atom is -1.00 e. The first-order valence-corrected chi connectivity index (χ1v) is 13.3. The van der Waals surface area contributed by atoms with Gasteiger partial charge in [0.05, 0.1) is 11.5 Å². The van der Waals surface area contributed by atoms with Crippen LogP contribution < -0.4 is 51.4 Å². The standard InChI is InChI=1S/C32H39NO4.K.H/c1-31(2,30(35)36)25-17-15-24(16-18-25)29(34)14-9-21-33-22-19-28(20-23-33)32(37,26-10-5-3-6-11-26)27-12-7-4-8-13-27;;/h3-8,10-13,15-18,28-29,34,37H,9,14,19-23H2,1-2H3,(H,35,36);;/q;+1;-1. The molecule has 0 saturated carbocycles. The van der Waals surface area contributed by atoms with Gasteiger partial charge in [0.15, 0.2) is 0 Å². The molecule has 38 heavy (non-hydrogen) atoms. The van der Waals surface area contributed by atoms with Crippen molar-refractivity contribution < 1.29 is 72.9 Å². The largest absolute Gasteiger partial charge is 1.00 e. The first kappa shape index (κ1) is 31.2. The van der Waals surface area contributed by atoms with Gasteiger partial charge in [0.1, 0.15) is 5.60 Å². The molecule has 5 nitrogen and oxygen atoms in total. The number of rotatable bonds is 10. The molecule has 3 aromatic rings. The van der Waals surface area contributed by atoms with Crippen LogP contribution in [0.2, 0.25) is 0 Å². The zero-order valence-electron chi connectivity index (χ0n) is 23.9. The number of benzene rings is 3. The number of hydrogen-bond acceptors (Lipinski definition) is 4. The third-order valence-electron chi connectivity index (χ3n) is 8.11. The van der Waals surface area contributed by atoms with Crippen LogP contribution >= 0.6 is 0 Å². The molecule has 0 bridgehead atoms. The predicted octanol–water partition coefficient (Wildman–Crippen LogP) is 2.63. The smallest absolute Gasteiger partial charge is 1.00 e. The molecule has 0 aliphatic carbocycles. The van der Waals surface area contributed by atoms with Gasteiger partial charge in [-0.3, -0.25) is 4.79 Å². The van der Waals surface area contributed by atoms with Crippen molar-refractivity contribution in [1.29, 1.82) is 0 Å². The van der Waals surface area contributed by atoms with E-state index in [1.807, 2.05) is 72.8 Å². The minimum atomic E-state index is -1.01. The Morgan fingerprint density at radius 2 is 1.39 bits per heavy atom. The number of likely N-dealkylation sites (tertiary alicyclic amines) is 1. The van der Waals surface area contributed by atoms with Gasteiger partial charge in [-0.25, -0.2) is 0 Å². The molecule has 0 radical (unpaired) electrons. The van der Waals surface area contributed by atoms with E-state index in [1.54, 1.807) is 26.0 Å². The average molecular weight is 542 g/mol. The molecule has 198 valence electrons. The Labute approximate surface area is 270 Å². The number of carboxylic acids is 1. The van der Waals surface area contributed by atoms with Gasteiger partial charge in [0.25, 0.3) is 0 Å². The van der Waals surface area contributed by atoms with Crippen molar-refractivity contribution in [3.63, 3.8) is 0 Å². The van der Waals surface area contributed by atoms with Crippen LogP contribution in [-0.4, -0.2) is 45.8 Å². The number of carbonyl (C=O) groups is 1. The van der Waals surface area contributed by atoms with E-state index in [1.165, 1.54) is 0 Å². The van der Waals surface area contributed by atoms with Gasteiger partial charge in [0, 0.05) is 0 Å². The zero-order chi connectivity index (χ0) is 26.5. The minimum absolute atomic E-state index is 0. The van der Waals surface area contributed by atoms with Crippen LogP contribution in [0.25, 0.3) is 0 Å². The Bertz CT molecular complexity index is 1110. The fraction of sp³-hybridized carbons (Fsp3) is 0.406. The monoisotopic (exact) mass is 541 g/mol. The van der Waals surface area contributed by atoms with Crippen molar-refractivity contribution in [3.8, 4) is 0 Å². The SMILES string of the molecule is CC(C)(C(=O)O)c1ccc(C(O)CCCN2CCC(C(O)(c3ccccc3)c3ccccc3)CC2)cc1.[H-].[K+]. The van der Waals surface area contributed by atoms with E-state index < -0.39 is 23.1 Å². The molecular weight excluding hydrogens is 501 g/mol. The van der Waals surface area contributed by atoms with Crippen LogP contribution in [0.4, 0.5) is 0 Å². The Hall–Kier alpha value is -1.35. The number of carboxylic acid groups (broad SMARTS) is 1. The summed E-state index contributed by atoms with van der Waals surface area (Å²) in [5.74, 6) is -0.733. The second kappa shape index (κ2) is 13.8. The maximum atomic E-state index is 12.1. The first-order valence-electron chi connectivity index (χ1n) is 13.3. The number of aliphatic hydroxyl groups excluding tert-OH is 1. The van der Waals surface area contributed by atoms with Crippen molar-refractivity contribution in [2.45, 2.75) is 56.7 Å². The second-order valence-corrected chi connectivity index (χ2v) is 10.8. The van der Waals surface area contributed by atoms with E-state index in [4.69, 9.17) is 0 Å². The number of aliphatic hydroxyl groups is 2. The van der Waals surface area contributed by atoms with Crippen molar-refractivity contribution in [3.05, 3.63) is 107 Å². The summed E-state index contributed by atoms with van der Waals surface area (Å²) in [4.78, 5) is 13.9. The van der Waals surface area contributed by atoms with Crippen molar-refractivity contribution in [1.82, 2.24) is 4.90 Å². The van der Waals surface area contributed by atoms with Gasteiger partial charge in [0.2, 0.25) is 0 Å². The van der Waals surface area contributed by atoms with E-state index in [9.17, 15) is 20.1 Å². The average Bonchev–Trinajstić information content (AvgIpc) is 2.94. The van der Waals surface area contributed by atoms with E-state index in [2.05, 4.69) is 4.90 Å². The Morgan fingerprint density at radius 1 is 0.895 bits per heavy atom. The number of piperidine rings is 1. The molecule has 1 saturated heterocycles. The summed E-state index contributed by atoms with van der Waals surface area (Å²) >= 11 is 0. The normalized spacial score (nSPS) is 16.0. The molecular formula is C32H40KNO4. The molecule has 0 spiro atoms. The molecule has 1 heterocycles. The van der Waals surface area contributed by atoms with Gasteiger partial charge in [-0.05, 0) is 87.3 Å². The molecule has 6 heteroatoms. The zero-order valence-corrected chi connectivity index (χ0v) is 26.0. The molecule has 3 aromatic carbocycles. The molecule has 1 atom stereocenters. The molecule has 0 aromatic heterocycles. The summed E-state index contributed by atoms with van der Waals surface area (Å²) in [6.07, 6.45) is 2.77. The summed E-state index contributed by atoms with van der Waals surface area (Å²) in [6.45, 7) is 6.11. The van der Waals surface area contributed by atoms with E-state index in [-0.39, 0.29) is 58.7 Å². The fourth-order valence-corrected chi connectivity index (χ4v) is 5.52. The molecule has 1 aliphatic rings. The molecule has 0 amide bonds. The van der Waals surface area contributed by atoms with Crippen LogP contribution in [0, 0.1) is 5.92 Å². The molecule has 1 unspecified atom stereocenters. The molecule has 1 fully saturated rings. The van der Waals surface area contributed by atoms with Crippen LogP contribution in [-0.2, 0) is 15.8 Å². The number of hydrogen-bond donors (Lipinski definition) is 3. The third kappa shape index (κ3) is 7.04. The molecule has 3 N–H and O–H groups in total. The van der Waals surface area contributed by atoms with Crippen LogP contribution in [0.3, 0.4) is 0 Å². The van der Waals surface area contributed by atoms with Gasteiger partial charge in [-0.1, -0.05) is 84.9 Å². The van der Waals surface area contributed by atoms with E-state index in [0.717, 1.165) is 61.2 Å². The Balaban J connectivity index is 0.00000267. The van der Waals surface area contributed by atoms with E-state index in [0.29, 0.717) is 6.42 Å². The number of aliphatic carboxylic acids is 1. The van der Waals surface area contributed by atoms with Crippen LogP contribution in [0.5, 0.6) is 0 Å². The Kier molecular flexibility index (Phi) is 11.3. The topological polar surface area (TPSA) is 81.0 Å². The third-order valence-corrected chi connectivity index (χ3v) is 8.11. The summed E-state index contributed by atoms with van der Waals surface area (Å²) in [5.41, 5.74) is 1.47. The summed E-state index contributed by atoms with van der Waals surface area (Å²) in [5, 5.41) is 32.2. The van der Waals surface area contributed by atoms with Crippen LogP contribution in [0.15, 0.2) is 84.9 Å². The maximum Gasteiger partial charge on any atom is 1.00 e. The summed E-state index contributed by atoms with van der Waals surface area (Å²) < 4.78 is 0. The predicted molar refractivity (Wildman–Crippen MR) is 147 cm³/mol. The van der Waals surface area contributed by atoms with Gasteiger partial charge >= 0.3 is 57.4 Å². The van der Waals surface area contributed by atoms with Crippen molar-refractivity contribution in [2.75, 3.05) is 19.6 Å². The molecule has 1 aliphatic heterocycles. The van der Waals surface area contributed by atoms with Crippen LogP contribution in [0.1, 0.15) is 69.3 Å². The van der Waals surface area contributed by atoms with Gasteiger partial charge < -0.3 is 21.6 Å². The van der Waals surface area contributed by atoms with Gasteiger partial charge in [-0.2, -0.15) is 0 Å².